The number of hydrogen-bond acceptors (Lipinski definition) is 8. The van der Waals surface area contributed by atoms with Crippen LogP contribution < -0.4 is 19.7 Å². The second kappa shape index (κ2) is 14.9. The van der Waals surface area contributed by atoms with Gasteiger partial charge in [0.15, 0.2) is 17.5 Å². The minimum atomic E-state index is -0.902. The molecule has 0 spiro atoms. The molecular formula is C39H47N3O6. The van der Waals surface area contributed by atoms with E-state index in [2.05, 4.69) is 10.3 Å². The summed E-state index contributed by atoms with van der Waals surface area (Å²) < 4.78 is 17.6. The highest BCUT2D eigenvalue weighted by molar-refractivity contribution is 6.20. The van der Waals surface area contributed by atoms with Gasteiger partial charge < -0.3 is 19.5 Å². The van der Waals surface area contributed by atoms with Gasteiger partial charge >= 0.3 is 5.97 Å². The number of anilines is 2. The molecule has 3 aromatic carbocycles. The number of amides is 2. The molecule has 4 rings (SSSR count). The Bertz CT molecular complexity index is 1730. The molecule has 1 unspecified atom stereocenters. The van der Waals surface area contributed by atoms with Gasteiger partial charge in [-0.1, -0.05) is 77.9 Å². The van der Waals surface area contributed by atoms with Crippen molar-refractivity contribution in [3.05, 3.63) is 90.1 Å². The lowest BCUT2D eigenvalue weighted by molar-refractivity contribution is -0.146. The van der Waals surface area contributed by atoms with Crippen LogP contribution in [0.2, 0.25) is 0 Å². The molecule has 1 atom stereocenters. The minimum Gasteiger partial charge on any atom is -0.490 e. The van der Waals surface area contributed by atoms with Crippen molar-refractivity contribution in [2.45, 2.75) is 81.1 Å². The molecule has 1 aromatic heterocycles. The number of esters is 1. The van der Waals surface area contributed by atoms with Crippen molar-refractivity contribution >= 4 is 40.1 Å². The monoisotopic (exact) mass is 653 g/mol. The summed E-state index contributed by atoms with van der Waals surface area (Å²) in [5, 5.41) is 4.70. The lowest BCUT2D eigenvalue weighted by atomic mass is 9.90. The molecule has 9 nitrogen and oxygen atoms in total. The number of imide groups is 1. The maximum atomic E-state index is 13.7. The van der Waals surface area contributed by atoms with Gasteiger partial charge in [0, 0.05) is 28.1 Å². The van der Waals surface area contributed by atoms with Crippen LogP contribution >= 0.6 is 0 Å². The third-order valence-electron chi connectivity index (χ3n) is 7.38. The zero-order valence-electron chi connectivity index (χ0n) is 29.4. The maximum absolute atomic E-state index is 13.7. The molecule has 0 aliphatic carbocycles. The lowest BCUT2D eigenvalue weighted by Crippen LogP contribution is -2.48. The highest BCUT2D eigenvalue weighted by Gasteiger charge is 2.39. The van der Waals surface area contributed by atoms with Gasteiger partial charge in [0.05, 0.1) is 12.7 Å². The van der Waals surface area contributed by atoms with E-state index in [1.165, 1.54) is 4.90 Å². The van der Waals surface area contributed by atoms with E-state index >= 15 is 0 Å². The number of fused-ring (bicyclic) bond motifs is 1. The van der Waals surface area contributed by atoms with Gasteiger partial charge in [-0.25, -0.2) is 14.7 Å². The summed E-state index contributed by atoms with van der Waals surface area (Å²) in [4.78, 5) is 46.8. The smallest absolute Gasteiger partial charge is 0.333 e. The van der Waals surface area contributed by atoms with Gasteiger partial charge in [-0.05, 0) is 73.7 Å². The molecule has 254 valence electrons. The fourth-order valence-electron chi connectivity index (χ4n) is 4.97. The largest absolute Gasteiger partial charge is 0.490 e. The normalized spacial score (nSPS) is 12.4. The Balaban J connectivity index is 1.76. The predicted octanol–water partition coefficient (Wildman–Crippen LogP) is 8.27. The fraction of sp³-hybridized carbons (Fsp3) is 0.385. The molecular weight excluding hydrogens is 606 g/mol. The van der Waals surface area contributed by atoms with Crippen LogP contribution in [0, 0.1) is 10.8 Å². The number of carbonyl (C=O) groups is 3. The molecule has 0 fully saturated rings. The second-order valence-electron chi connectivity index (χ2n) is 14.0. The van der Waals surface area contributed by atoms with Gasteiger partial charge in [-0.3, -0.25) is 9.59 Å². The summed E-state index contributed by atoms with van der Waals surface area (Å²) in [6.45, 7) is 17.0. The van der Waals surface area contributed by atoms with E-state index in [1.807, 2.05) is 63.2 Å². The predicted molar refractivity (Wildman–Crippen MR) is 189 cm³/mol. The van der Waals surface area contributed by atoms with Crippen LogP contribution in [0.5, 0.6) is 11.5 Å². The first kappa shape index (κ1) is 35.9. The number of pyridine rings is 1. The van der Waals surface area contributed by atoms with E-state index in [9.17, 15) is 14.4 Å². The molecule has 1 heterocycles. The molecule has 48 heavy (non-hydrogen) atoms. The zero-order valence-corrected chi connectivity index (χ0v) is 29.4. The van der Waals surface area contributed by atoms with Crippen molar-refractivity contribution in [2.75, 3.05) is 16.8 Å². The molecule has 0 bridgehead atoms. The number of nitrogens with one attached hydrogen (secondary N) is 1. The van der Waals surface area contributed by atoms with Gasteiger partial charge in [-0.2, -0.15) is 0 Å². The summed E-state index contributed by atoms with van der Waals surface area (Å²) in [7, 11) is 0. The van der Waals surface area contributed by atoms with Crippen LogP contribution in [0.15, 0.2) is 79.0 Å². The number of benzene rings is 3. The molecule has 0 aliphatic heterocycles. The fourth-order valence-corrected chi connectivity index (χ4v) is 4.97. The van der Waals surface area contributed by atoms with Gasteiger partial charge in [0.25, 0.3) is 0 Å². The van der Waals surface area contributed by atoms with Crippen LogP contribution in [0.25, 0.3) is 10.8 Å². The van der Waals surface area contributed by atoms with E-state index in [0.717, 1.165) is 10.9 Å². The molecule has 0 aliphatic rings. The number of carbonyl (C=O) groups excluding carboxylic acids is 3. The SMILES string of the molecule is CCOc1cc(C(Nc2ccc3c(N(C(=O)C(C)(C)C)C(=O)C(C)(C)C)nccc3c2)C(=O)OCc2ccccc2)ccc1OC(C)C. The average molecular weight is 654 g/mol. The first-order valence-electron chi connectivity index (χ1n) is 16.3. The number of nitrogens with zero attached hydrogens (tertiary/aromatic N) is 2. The Morgan fingerprint density at radius 1 is 0.833 bits per heavy atom. The topological polar surface area (TPSA) is 107 Å². The van der Waals surface area contributed by atoms with Crippen molar-refractivity contribution < 1.29 is 28.6 Å². The number of ether oxygens (including phenoxy) is 3. The Morgan fingerprint density at radius 3 is 2.10 bits per heavy atom. The van der Waals surface area contributed by atoms with Crippen molar-refractivity contribution in [3.63, 3.8) is 0 Å². The second-order valence-corrected chi connectivity index (χ2v) is 14.0. The number of rotatable bonds is 11. The quantitative estimate of drug-likeness (QED) is 0.161. The molecule has 0 saturated heterocycles. The van der Waals surface area contributed by atoms with E-state index < -0.39 is 22.8 Å². The van der Waals surface area contributed by atoms with Gasteiger partial charge in [-0.15, -0.1) is 0 Å². The summed E-state index contributed by atoms with van der Waals surface area (Å²) in [5.74, 6) is 0.193. The van der Waals surface area contributed by atoms with Crippen molar-refractivity contribution in [3.8, 4) is 11.5 Å². The molecule has 9 heteroatoms. The molecule has 2 amide bonds. The summed E-state index contributed by atoms with van der Waals surface area (Å²) >= 11 is 0. The third-order valence-corrected chi connectivity index (χ3v) is 7.38. The summed E-state index contributed by atoms with van der Waals surface area (Å²) in [6, 6.07) is 21.3. The van der Waals surface area contributed by atoms with Crippen LogP contribution in [0.3, 0.4) is 0 Å². The van der Waals surface area contributed by atoms with E-state index in [1.54, 1.807) is 78.1 Å². The molecule has 1 N–H and O–H groups in total. The van der Waals surface area contributed by atoms with Gasteiger partial charge in [0.1, 0.15) is 12.4 Å². The zero-order chi connectivity index (χ0) is 35.2. The Labute approximate surface area is 283 Å². The van der Waals surface area contributed by atoms with E-state index in [0.29, 0.717) is 34.7 Å². The van der Waals surface area contributed by atoms with Crippen LogP contribution in [-0.4, -0.2) is 35.5 Å². The molecule has 0 radical (unpaired) electrons. The molecule has 0 saturated carbocycles. The minimum absolute atomic E-state index is 0.0647. The van der Waals surface area contributed by atoms with E-state index in [-0.39, 0.29) is 30.3 Å². The summed E-state index contributed by atoms with van der Waals surface area (Å²) in [5.41, 5.74) is 0.467. The van der Waals surface area contributed by atoms with E-state index in [4.69, 9.17) is 14.2 Å². The highest BCUT2D eigenvalue weighted by atomic mass is 16.5. The Hall–Kier alpha value is -4.92. The van der Waals surface area contributed by atoms with Crippen LogP contribution in [-0.2, 0) is 25.7 Å². The lowest BCUT2D eigenvalue weighted by Gasteiger charge is -2.32. The first-order valence-corrected chi connectivity index (χ1v) is 16.3. The average Bonchev–Trinajstić information content (AvgIpc) is 3.03. The third kappa shape index (κ3) is 8.70. The van der Waals surface area contributed by atoms with Crippen LogP contribution in [0.1, 0.15) is 79.5 Å². The highest BCUT2D eigenvalue weighted by Crippen LogP contribution is 2.36. The first-order chi connectivity index (χ1) is 22.6. The standard InChI is InChI=1S/C39H47N3O6/c1-10-46-32-23-28(16-19-31(32)48-25(2)3)33(35(43)47-24-26-14-12-11-13-15-26)41-29-17-18-30-27(22-29)20-21-40-34(30)42(36(44)38(4,5)6)37(45)39(7,8)9/h11-23,25,33,41H,10,24H2,1-9H3. The number of hydrogen-bond donors (Lipinski definition) is 1. The number of aromatic nitrogens is 1. The van der Waals surface area contributed by atoms with Gasteiger partial charge in [0.2, 0.25) is 11.8 Å². The van der Waals surface area contributed by atoms with Crippen molar-refractivity contribution in [1.29, 1.82) is 0 Å². The van der Waals surface area contributed by atoms with Crippen molar-refractivity contribution in [2.24, 2.45) is 10.8 Å². The summed E-state index contributed by atoms with van der Waals surface area (Å²) in [6.07, 6.45) is 1.51. The van der Waals surface area contributed by atoms with Crippen molar-refractivity contribution in [1.82, 2.24) is 4.98 Å². The maximum Gasteiger partial charge on any atom is 0.333 e. The Kier molecular flexibility index (Phi) is 11.1. The molecule has 4 aromatic rings. The van der Waals surface area contributed by atoms with Crippen LogP contribution in [0.4, 0.5) is 11.5 Å². The Morgan fingerprint density at radius 2 is 1.50 bits per heavy atom.